The summed E-state index contributed by atoms with van der Waals surface area (Å²) in [7, 11) is 4.02. The van der Waals surface area contributed by atoms with Crippen LogP contribution < -0.4 is 10.6 Å². The normalized spacial score (nSPS) is 10.7. The molecule has 1 heterocycles. The number of nitrogens with one attached hydrogen (secondary N) is 2. The maximum Gasteiger partial charge on any atom is 0.274 e. The fourth-order valence-corrected chi connectivity index (χ4v) is 2.08. The molecule has 0 radical (unpaired) electrons. The Hall–Kier alpha value is -2.47. The summed E-state index contributed by atoms with van der Waals surface area (Å²) in [6, 6.07) is 9.33. The number of aromatic nitrogens is 2. The van der Waals surface area contributed by atoms with Gasteiger partial charge in [-0.15, -0.1) is 0 Å². The van der Waals surface area contributed by atoms with Gasteiger partial charge in [0.05, 0.1) is 0 Å². The van der Waals surface area contributed by atoms with Crippen molar-refractivity contribution < 1.29 is 4.79 Å². The first-order valence-electron chi connectivity index (χ1n) is 7.57. The molecule has 1 aromatic heterocycles. The molecule has 0 saturated heterocycles. The molecule has 0 aliphatic carbocycles. The Kier molecular flexibility index (Phi) is 5.65. The van der Waals surface area contributed by atoms with Gasteiger partial charge in [0.15, 0.2) is 0 Å². The van der Waals surface area contributed by atoms with Gasteiger partial charge in [-0.3, -0.25) is 4.79 Å². The van der Waals surface area contributed by atoms with Crippen molar-refractivity contribution in [2.45, 2.75) is 13.8 Å². The van der Waals surface area contributed by atoms with Crippen LogP contribution in [0.3, 0.4) is 0 Å². The summed E-state index contributed by atoms with van der Waals surface area (Å²) in [5, 5.41) is 6.10. The SMILES string of the molecule is Cc1nc(NCCN(C)C)cc(C(=O)Nc2ccccc2C)n1. The number of hydrogen-bond acceptors (Lipinski definition) is 5. The third-order valence-corrected chi connectivity index (χ3v) is 3.33. The highest BCUT2D eigenvalue weighted by Crippen LogP contribution is 2.15. The Morgan fingerprint density at radius 3 is 2.61 bits per heavy atom. The molecule has 0 spiro atoms. The van der Waals surface area contributed by atoms with Crippen molar-refractivity contribution in [3.63, 3.8) is 0 Å². The molecule has 2 rings (SSSR count). The molecule has 0 atom stereocenters. The molecular weight excluding hydrogens is 290 g/mol. The zero-order chi connectivity index (χ0) is 16.8. The van der Waals surface area contributed by atoms with Crippen LogP contribution in [0.4, 0.5) is 11.5 Å². The van der Waals surface area contributed by atoms with E-state index in [2.05, 4.69) is 25.5 Å². The van der Waals surface area contributed by atoms with E-state index >= 15 is 0 Å². The predicted molar refractivity (Wildman–Crippen MR) is 92.9 cm³/mol. The lowest BCUT2D eigenvalue weighted by atomic mass is 10.2. The number of carbonyl (C=O) groups is 1. The summed E-state index contributed by atoms with van der Waals surface area (Å²) in [4.78, 5) is 23.0. The van der Waals surface area contributed by atoms with Gasteiger partial charge < -0.3 is 15.5 Å². The van der Waals surface area contributed by atoms with E-state index in [4.69, 9.17) is 0 Å². The van der Waals surface area contributed by atoms with Crippen LogP contribution in [-0.4, -0.2) is 48.0 Å². The van der Waals surface area contributed by atoms with Crippen LogP contribution in [-0.2, 0) is 0 Å². The summed E-state index contributed by atoms with van der Waals surface area (Å²) in [6.45, 7) is 5.37. The molecule has 0 saturated carbocycles. The van der Waals surface area contributed by atoms with Crippen LogP contribution in [0.2, 0.25) is 0 Å². The van der Waals surface area contributed by atoms with E-state index in [0.29, 0.717) is 17.3 Å². The molecule has 0 aliphatic rings. The summed E-state index contributed by atoms with van der Waals surface area (Å²) < 4.78 is 0. The second-order valence-electron chi connectivity index (χ2n) is 5.68. The number of hydrogen-bond donors (Lipinski definition) is 2. The average Bonchev–Trinajstić information content (AvgIpc) is 2.48. The maximum atomic E-state index is 12.4. The minimum Gasteiger partial charge on any atom is -0.369 e. The first kappa shape index (κ1) is 16.9. The Morgan fingerprint density at radius 1 is 1.17 bits per heavy atom. The van der Waals surface area contributed by atoms with Gasteiger partial charge in [-0.2, -0.15) is 0 Å². The monoisotopic (exact) mass is 313 g/mol. The third kappa shape index (κ3) is 5.03. The van der Waals surface area contributed by atoms with Gasteiger partial charge >= 0.3 is 0 Å². The van der Waals surface area contributed by atoms with Gasteiger partial charge in [0.1, 0.15) is 17.3 Å². The molecule has 1 amide bonds. The number of aryl methyl sites for hydroxylation is 2. The number of para-hydroxylation sites is 1. The molecule has 2 N–H and O–H groups in total. The largest absolute Gasteiger partial charge is 0.369 e. The van der Waals surface area contributed by atoms with Crippen LogP contribution in [0, 0.1) is 13.8 Å². The Morgan fingerprint density at radius 2 is 1.91 bits per heavy atom. The lowest BCUT2D eigenvalue weighted by Crippen LogP contribution is -2.22. The van der Waals surface area contributed by atoms with E-state index in [-0.39, 0.29) is 5.91 Å². The molecule has 23 heavy (non-hydrogen) atoms. The van der Waals surface area contributed by atoms with E-state index in [0.717, 1.165) is 24.3 Å². The second-order valence-corrected chi connectivity index (χ2v) is 5.68. The predicted octanol–water partition coefficient (Wildman–Crippen LogP) is 2.32. The molecule has 122 valence electrons. The van der Waals surface area contributed by atoms with Crippen LogP contribution in [0.15, 0.2) is 30.3 Å². The van der Waals surface area contributed by atoms with Gasteiger partial charge in [-0.25, -0.2) is 9.97 Å². The zero-order valence-electron chi connectivity index (χ0n) is 14.1. The smallest absolute Gasteiger partial charge is 0.274 e. The first-order valence-corrected chi connectivity index (χ1v) is 7.57. The standard InChI is InChI=1S/C17H23N5O/c1-12-7-5-6-8-14(12)21-17(23)15-11-16(20-13(2)19-15)18-9-10-22(3)4/h5-8,11H,9-10H2,1-4H3,(H,21,23)(H,18,19,20). The van der Waals surface area contributed by atoms with Crippen LogP contribution >= 0.6 is 0 Å². The Balaban J connectivity index is 2.11. The van der Waals surface area contributed by atoms with E-state index in [1.54, 1.807) is 13.0 Å². The number of rotatable bonds is 6. The lowest BCUT2D eigenvalue weighted by molar-refractivity contribution is 0.102. The first-order chi connectivity index (χ1) is 11.0. The van der Waals surface area contributed by atoms with E-state index < -0.39 is 0 Å². The molecule has 1 aromatic carbocycles. The fraction of sp³-hybridized carbons (Fsp3) is 0.353. The number of likely N-dealkylation sites (N-methyl/N-ethyl adjacent to an activating group) is 1. The highest BCUT2D eigenvalue weighted by atomic mass is 16.1. The minimum atomic E-state index is -0.236. The highest BCUT2D eigenvalue weighted by Gasteiger charge is 2.11. The lowest BCUT2D eigenvalue weighted by Gasteiger charge is -2.12. The molecule has 0 fully saturated rings. The second kappa shape index (κ2) is 7.69. The number of benzene rings is 1. The molecule has 0 unspecified atom stereocenters. The van der Waals surface area contributed by atoms with E-state index in [9.17, 15) is 4.79 Å². The van der Waals surface area contributed by atoms with Crippen LogP contribution in [0.25, 0.3) is 0 Å². The van der Waals surface area contributed by atoms with Gasteiger partial charge in [-0.05, 0) is 39.6 Å². The summed E-state index contributed by atoms with van der Waals surface area (Å²) in [5.41, 5.74) is 2.15. The van der Waals surface area contributed by atoms with E-state index in [1.165, 1.54) is 0 Å². The molecule has 0 aliphatic heterocycles. The van der Waals surface area contributed by atoms with Crippen molar-refractivity contribution in [3.8, 4) is 0 Å². The molecule has 2 aromatic rings. The molecule has 6 nitrogen and oxygen atoms in total. The minimum absolute atomic E-state index is 0.236. The number of anilines is 2. The van der Waals surface area contributed by atoms with Gasteiger partial charge in [0.2, 0.25) is 0 Å². The van der Waals surface area contributed by atoms with Crippen molar-refractivity contribution in [3.05, 3.63) is 47.4 Å². The van der Waals surface area contributed by atoms with Crippen molar-refractivity contribution in [1.29, 1.82) is 0 Å². The van der Waals surface area contributed by atoms with Gasteiger partial charge in [0.25, 0.3) is 5.91 Å². The highest BCUT2D eigenvalue weighted by molar-refractivity contribution is 6.03. The van der Waals surface area contributed by atoms with Gasteiger partial charge in [0, 0.05) is 24.8 Å². The van der Waals surface area contributed by atoms with Crippen molar-refractivity contribution in [1.82, 2.24) is 14.9 Å². The van der Waals surface area contributed by atoms with Crippen molar-refractivity contribution >= 4 is 17.4 Å². The van der Waals surface area contributed by atoms with Crippen molar-refractivity contribution in [2.24, 2.45) is 0 Å². The quantitative estimate of drug-likeness (QED) is 0.856. The average molecular weight is 313 g/mol. The number of amides is 1. The number of nitrogens with zero attached hydrogens (tertiary/aromatic N) is 3. The molecular formula is C17H23N5O. The topological polar surface area (TPSA) is 70.2 Å². The Labute approximate surface area is 137 Å². The Bertz CT molecular complexity index is 684. The summed E-state index contributed by atoms with van der Waals surface area (Å²) in [5.74, 6) is 0.990. The summed E-state index contributed by atoms with van der Waals surface area (Å²) >= 11 is 0. The summed E-state index contributed by atoms with van der Waals surface area (Å²) in [6.07, 6.45) is 0. The van der Waals surface area contributed by atoms with Crippen molar-refractivity contribution in [2.75, 3.05) is 37.8 Å². The maximum absolute atomic E-state index is 12.4. The number of carbonyl (C=O) groups excluding carboxylic acids is 1. The molecule has 0 bridgehead atoms. The van der Waals surface area contributed by atoms with Crippen LogP contribution in [0.5, 0.6) is 0 Å². The van der Waals surface area contributed by atoms with Gasteiger partial charge in [-0.1, -0.05) is 18.2 Å². The van der Waals surface area contributed by atoms with Crippen LogP contribution in [0.1, 0.15) is 21.9 Å². The van der Waals surface area contributed by atoms with E-state index in [1.807, 2.05) is 45.3 Å². The fourth-order valence-electron chi connectivity index (χ4n) is 2.08. The third-order valence-electron chi connectivity index (χ3n) is 3.33. The molecule has 6 heteroatoms. The zero-order valence-corrected chi connectivity index (χ0v) is 14.1.